The lowest BCUT2D eigenvalue weighted by molar-refractivity contribution is 0.156. The molecule has 0 bridgehead atoms. The molecule has 3 aliphatic rings. The van der Waals surface area contributed by atoms with Crippen LogP contribution in [-0.4, -0.2) is 68.5 Å². The molecule has 0 aliphatic carbocycles. The molecule has 30 heavy (non-hydrogen) atoms. The zero-order valence-electron chi connectivity index (χ0n) is 16.5. The fourth-order valence-electron chi connectivity index (χ4n) is 3.89. The molecule has 0 aromatic heterocycles. The van der Waals surface area contributed by atoms with Crippen molar-refractivity contribution in [3.05, 3.63) is 65.1 Å². The molecule has 0 unspecified atom stereocenters. The first-order chi connectivity index (χ1) is 14.5. The molecule has 8 heteroatoms. The van der Waals surface area contributed by atoms with E-state index in [0.717, 1.165) is 18.5 Å². The van der Waals surface area contributed by atoms with Gasteiger partial charge in [-0.3, -0.25) is 9.36 Å². The number of carbonyl (C=O) groups excluding carboxylic acids is 1. The second-order valence-corrected chi connectivity index (χ2v) is 7.58. The van der Waals surface area contributed by atoms with E-state index in [9.17, 15) is 14.7 Å². The van der Waals surface area contributed by atoms with Gasteiger partial charge in [-0.05, 0) is 37.4 Å². The van der Waals surface area contributed by atoms with Gasteiger partial charge in [-0.1, -0.05) is 18.2 Å². The molecular formula is C22H21N5O3. The van der Waals surface area contributed by atoms with E-state index in [4.69, 9.17) is 0 Å². The molecule has 5 rings (SSSR count). The SMILES string of the molecule is CN1CCN(C(=O)n2cc3c(=O)n(-c4ccc(O)cc4)nc-3c3ccccc32)CC1. The fraction of sp³-hybridized carbons (Fsp3) is 0.227. The maximum atomic E-state index is 13.3. The molecule has 1 fully saturated rings. The van der Waals surface area contributed by atoms with Crippen molar-refractivity contribution in [1.29, 1.82) is 0 Å². The summed E-state index contributed by atoms with van der Waals surface area (Å²) in [5, 5.41) is 14.8. The number of para-hydroxylation sites is 1. The van der Waals surface area contributed by atoms with Crippen LogP contribution in [0, 0.1) is 0 Å². The van der Waals surface area contributed by atoms with Gasteiger partial charge in [-0.25, -0.2) is 4.79 Å². The summed E-state index contributed by atoms with van der Waals surface area (Å²) in [4.78, 5) is 30.4. The number of aromatic hydroxyl groups is 1. The largest absolute Gasteiger partial charge is 0.508 e. The Kier molecular flexibility index (Phi) is 4.29. The van der Waals surface area contributed by atoms with Crippen LogP contribution in [0.15, 0.2) is 59.5 Å². The first kappa shape index (κ1) is 18.4. The Hall–Kier alpha value is -3.65. The van der Waals surface area contributed by atoms with E-state index in [2.05, 4.69) is 10.00 Å². The average molecular weight is 403 g/mol. The Morgan fingerprint density at radius 2 is 1.70 bits per heavy atom. The van der Waals surface area contributed by atoms with Gasteiger partial charge in [0.15, 0.2) is 0 Å². The topological polar surface area (TPSA) is 83.6 Å². The number of piperazine rings is 1. The third-order valence-corrected chi connectivity index (χ3v) is 5.63. The molecule has 3 heterocycles. The molecule has 0 saturated carbocycles. The first-order valence-electron chi connectivity index (χ1n) is 9.83. The Morgan fingerprint density at radius 1 is 1.00 bits per heavy atom. The molecule has 2 aromatic rings. The van der Waals surface area contributed by atoms with Crippen molar-refractivity contribution in [2.75, 3.05) is 33.2 Å². The summed E-state index contributed by atoms with van der Waals surface area (Å²) in [6.07, 6.45) is 1.60. The van der Waals surface area contributed by atoms with Crippen molar-refractivity contribution in [2.45, 2.75) is 0 Å². The van der Waals surface area contributed by atoms with Crippen LogP contribution in [0.25, 0.3) is 27.8 Å². The zero-order chi connectivity index (χ0) is 20.8. The number of nitrogens with zero attached hydrogens (tertiary/aromatic N) is 5. The van der Waals surface area contributed by atoms with E-state index in [-0.39, 0.29) is 17.3 Å². The molecule has 0 radical (unpaired) electrons. The lowest BCUT2D eigenvalue weighted by Gasteiger charge is -2.33. The number of fused-ring (bicyclic) bond motifs is 3. The number of likely N-dealkylation sites (N-methyl/N-ethyl adjacent to an activating group) is 1. The predicted octanol–water partition coefficient (Wildman–Crippen LogP) is 2.21. The van der Waals surface area contributed by atoms with Crippen LogP contribution in [0.5, 0.6) is 5.75 Å². The number of rotatable bonds is 1. The molecule has 3 aliphatic heterocycles. The predicted molar refractivity (Wildman–Crippen MR) is 113 cm³/mol. The zero-order valence-corrected chi connectivity index (χ0v) is 16.5. The number of hydrogen-bond donors (Lipinski definition) is 1. The van der Waals surface area contributed by atoms with Crippen LogP contribution < -0.4 is 5.56 Å². The van der Waals surface area contributed by atoms with Crippen LogP contribution in [-0.2, 0) is 0 Å². The van der Waals surface area contributed by atoms with Crippen LogP contribution in [0.1, 0.15) is 0 Å². The number of hydrogen-bond acceptors (Lipinski definition) is 5. The third-order valence-electron chi connectivity index (χ3n) is 5.63. The Labute approximate surface area is 172 Å². The number of phenols is 1. The van der Waals surface area contributed by atoms with Gasteiger partial charge in [0, 0.05) is 37.8 Å². The van der Waals surface area contributed by atoms with Crippen molar-refractivity contribution in [3.8, 4) is 22.7 Å². The second kappa shape index (κ2) is 7.00. The highest BCUT2D eigenvalue weighted by molar-refractivity contribution is 5.99. The molecule has 1 saturated heterocycles. The second-order valence-electron chi connectivity index (χ2n) is 7.58. The number of pyridine rings is 1. The summed E-state index contributed by atoms with van der Waals surface area (Å²) < 4.78 is 2.87. The third kappa shape index (κ3) is 2.93. The van der Waals surface area contributed by atoms with E-state index in [1.165, 1.54) is 16.8 Å². The summed E-state index contributed by atoms with van der Waals surface area (Å²) in [6, 6.07) is 13.6. The highest BCUT2D eigenvalue weighted by atomic mass is 16.3. The van der Waals surface area contributed by atoms with Crippen molar-refractivity contribution < 1.29 is 9.90 Å². The minimum Gasteiger partial charge on any atom is -0.508 e. The minimum absolute atomic E-state index is 0.115. The lowest BCUT2D eigenvalue weighted by Crippen LogP contribution is -2.48. The number of carbonyl (C=O) groups is 1. The lowest BCUT2D eigenvalue weighted by atomic mass is 10.1. The van der Waals surface area contributed by atoms with E-state index >= 15 is 0 Å². The standard InChI is InChI=1S/C22H21N5O3/c1-24-10-12-25(13-11-24)22(30)26-14-18-20(17-4-2-3-5-19(17)26)23-27(21(18)29)15-6-8-16(28)9-7-15/h2-9,14,28H,10-13H2,1H3. The van der Waals surface area contributed by atoms with Crippen LogP contribution in [0.3, 0.4) is 0 Å². The maximum Gasteiger partial charge on any atom is 0.328 e. The van der Waals surface area contributed by atoms with Crippen LogP contribution in [0.4, 0.5) is 4.79 Å². The van der Waals surface area contributed by atoms with Gasteiger partial charge in [-0.2, -0.15) is 9.78 Å². The quantitative estimate of drug-likeness (QED) is 0.527. The van der Waals surface area contributed by atoms with Crippen molar-refractivity contribution in [3.63, 3.8) is 0 Å². The van der Waals surface area contributed by atoms with Gasteiger partial charge in [0.1, 0.15) is 11.4 Å². The highest BCUT2D eigenvalue weighted by Gasteiger charge is 2.26. The molecule has 2 aromatic carbocycles. The Balaban J connectivity index is 1.69. The summed E-state index contributed by atoms with van der Waals surface area (Å²) in [7, 11) is 2.04. The van der Waals surface area contributed by atoms with E-state index in [0.29, 0.717) is 35.6 Å². The first-order valence-corrected chi connectivity index (χ1v) is 9.83. The van der Waals surface area contributed by atoms with E-state index < -0.39 is 0 Å². The Morgan fingerprint density at radius 3 is 2.43 bits per heavy atom. The van der Waals surface area contributed by atoms with Gasteiger partial charge in [0.25, 0.3) is 5.56 Å². The normalized spacial score (nSPS) is 15.2. The average Bonchev–Trinajstić information content (AvgIpc) is 3.10. The van der Waals surface area contributed by atoms with Crippen molar-refractivity contribution in [1.82, 2.24) is 24.1 Å². The van der Waals surface area contributed by atoms with Gasteiger partial charge in [-0.15, -0.1) is 0 Å². The van der Waals surface area contributed by atoms with Gasteiger partial charge >= 0.3 is 6.03 Å². The molecule has 152 valence electrons. The summed E-state index contributed by atoms with van der Waals surface area (Å²) in [5.74, 6) is 0.115. The number of aromatic nitrogens is 3. The van der Waals surface area contributed by atoms with E-state index in [1.807, 2.05) is 36.2 Å². The van der Waals surface area contributed by atoms with Crippen molar-refractivity contribution in [2.24, 2.45) is 0 Å². The number of benzene rings is 2. The summed E-state index contributed by atoms with van der Waals surface area (Å²) in [5.41, 5.74) is 1.89. The molecular weight excluding hydrogens is 382 g/mol. The molecule has 0 atom stereocenters. The molecule has 8 nitrogen and oxygen atoms in total. The van der Waals surface area contributed by atoms with Crippen LogP contribution in [0.2, 0.25) is 0 Å². The monoisotopic (exact) mass is 403 g/mol. The van der Waals surface area contributed by atoms with Gasteiger partial charge < -0.3 is 14.9 Å². The molecule has 0 spiro atoms. The minimum atomic E-state index is -0.304. The van der Waals surface area contributed by atoms with E-state index in [1.54, 1.807) is 22.9 Å². The highest BCUT2D eigenvalue weighted by Crippen LogP contribution is 2.28. The molecule has 1 N–H and O–H groups in total. The van der Waals surface area contributed by atoms with Gasteiger partial charge in [0.05, 0.1) is 16.8 Å². The van der Waals surface area contributed by atoms with Crippen molar-refractivity contribution >= 4 is 16.9 Å². The summed E-state index contributed by atoms with van der Waals surface area (Å²) in [6.45, 7) is 2.92. The Bertz CT molecular complexity index is 1270. The van der Waals surface area contributed by atoms with Crippen LogP contribution >= 0.6 is 0 Å². The number of phenolic OH excluding ortho intramolecular Hbond substituents is 1. The number of amides is 1. The van der Waals surface area contributed by atoms with Gasteiger partial charge in [0.2, 0.25) is 0 Å². The smallest absolute Gasteiger partial charge is 0.328 e. The molecule has 1 amide bonds. The summed E-state index contributed by atoms with van der Waals surface area (Å²) >= 11 is 0. The maximum absolute atomic E-state index is 13.3. The fourth-order valence-corrected chi connectivity index (χ4v) is 3.89.